The van der Waals surface area contributed by atoms with Crippen molar-refractivity contribution in [1.29, 1.82) is 0 Å². The lowest BCUT2D eigenvalue weighted by atomic mass is 10.0. The number of primary amides is 2. The Labute approximate surface area is 870 Å². The number of carbonyl (C=O) groups excluding carboxylic acids is 17. The van der Waals surface area contributed by atoms with Gasteiger partial charge in [0.2, 0.25) is 94.5 Å². The van der Waals surface area contributed by atoms with Crippen LogP contribution in [0.3, 0.4) is 0 Å². The summed E-state index contributed by atoms with van der Waals surface area (Å²) in [5.74, 6) is -14.4. The summed E-state index contributed by atoms with van der Waals surface area (Å²) in [6, 6.07) is 1.84. The topological polar surface area (TPSA) is 806 Å². The molecule has 29 N–H and O–H groups in total. The molecule has 0 saturated carbocycles. The standard InChI is InChI=1S/C55H96N14O18.C43H60N12O8/c1-3-4-20-39(38(2)72)61-52(82)40(21-18-19-26-57-48(76)32-69(33-50(78)79)34-51(80)81)62-55(85)43(36-71)64-53(83)41(24-25-44(56)73)63-54(84)42(35-70)60-47(75)31-59-49(77)37-87-30-29-86-28-27-58-46(74)23-17-15-13-11-9-7-5-6-8-10-12-14-16-22-45-65-67-68-66-45;1-47-32-16-17-36(57)48-18-8-7-14-30(37(44)58)51-40(61)34(21-26-23-50-29-13-6-5-12-28(26)29)53-38(59)31(15-9-19-49-43(45)46)52-39(60)33(20-25-10-3-2-4-11-25)54-41(62)35-22-27(56)24-55(35)42(32)63/h39-43,70-71H,3-37H2,1-2H3,(H2,56,73)(H,57,76)(H,58,74)(H,59,77)(H,60,75)(H,61,82)(H,62,85)(H,63,84)(H,64,83)(H,78,79)(H,80,81)(H,65,66,67,68);2-6,10-13,23,27,30-35,47,50,56H,7-9,14-22,24H2,1H3,(H2,44,58)(H,48,57)(H,51,61)(H,52,60)(H,53,59)(H,54,62)(H4,45,46,49)/t39-,40-,41-,42-,43-;27-,30+,31+,32+,33-,34+,35+/m01/s1. The number of aromatic amines is 2. The molecule has 150 heavy (non-hydrogen) atoms. The largest absolute Gasteiger partial charge is 0.480 e. The third-order valence-corrected chi connectivity index (χ3v) is 24.7. The number of para-hydroxylation sites is 1. The minimum Gasteiger partial charge on any atom is -0.480 e. The van der Waals surface area contributed by atoms with Gasteiger partial charge in [0.05, 0.1) is 77.4 Å². The van der Waals surface area contributed by atoms with Gasteiger partial charge in [-0.2, -0.15) is 5.21 Å². The number of aliphatic hydroxyl groups excluding tert-OH is 3. The van der Waals surface area contributed by atoms with Crippen molar-refractivity contribution in [3.63, 3.8) is 0 Å². The summed E-state index contributed by atoms with van der Waals surface area (Å²) in [4.78, 5) is 256. The predicted octanol–water partition coefficient (Wildman–Crippen LogP) is -4.26. The van der Waals surface area contributed by atoms with E-state index in [1.54, 1.807) is 43.6 Å². The van der Waals surface area contributed by atoms with Gasteiger partial charge in [0.25, 0.3) is 0 Å². The Morgan fingerprint density at radius 2 is 1.14 bits per heavy atom. The second kappa shape index (κ2) is 72.5. The highest BCUT2D eigenvalue weighted by atomic mass is 16.5. The van der Waals surface area contributed by atoms with Crippen LogP contribution in [-0.4, -0.2) is 357 Å². The Balaban J connectivity index is 0.000000552. The molecule has 2 saturated heterocycles. The smallest absolute Gasteiger partial charge is 0.317 e. The maximum absolute atomic E-state index is 14.4. The molecular weight excluding hydrogens is 1960 g/mol. The van der Waals surface area contributed by atoms with Crippen LogP contribution < -0.4 is 97.4 Å². The number of aromatic nitrogens is 5. The molecule has 52 nitrogen and oxygen atoms in total. The fraction of sp³-hybridized carbons (Fsp3) is 0.643. The number of rotatable bonds is 65. The third kappa shape index (κ3) is 51.9. The highest BCUT2D eigenvalue weighted by Crippen LogP contribution is 2.24. The Kier molecular flexibility index (Phi) is 61.2. The molecular formula is C98H156N26O26. The number of fused-ring (bicyclic) bond motifs is 2. The summed E-state index contributed by atoms with van der Waals surface area (Å²) in [7, 11) is 1.55. The average molecular weight is 2110 g/mol. The van der Waals surface area contributed by atoms with Crippen molar-refractivity contribution in [2.24, 2.45) is 27.9 Å². The fourth-order valence-electron chi connectivity index (χ4n) is 16.5. The zero-order chi connectivity index (χ0) is 110. The molecule has 2 fully saturated rings. The number of hydrogen-bond acceptors (Lipinski definition) is 30. The number of nitrogens with one attached hydrogen (secondary N) is 16. The lowest BCUT2D eigenvalue weighted by molar-refractivity contribution is -0.143. The summed E-state index contributed by atoms with van der Waals surface area (Å²) in [6.07, 6.45) is 19.0. The van der Waals surface area contributed by atoms with E-state index in [0.29, 0.717) is 49.8 Å². The number of carbonyl (C=O) groups is 19. The first kappa shape index (κ1) is 127. The van der Waals surface area contributed by atoms with E-state index in [0.717, 1.165) is 53.7 Å². The Morgan fingerprint density at radius 1 is 0.567 bits per heavy atom. The Morgan fingerprint density at radius 3 is 1.76 bits per heavy atom. The molecule has 2 aromatic carbocycles. The van der Waals surface area contributed by atoms with E-state index in [2.05, 4.69) is 105 Å². The summed E-state index contributed by atoms with van der Waals surface area (Å²) < 4.78 is 10.7. The molecule has 6 rings (SSSR count). The van der Waals surface area contributed by atoms with Crippen LogP contribution in [0.25, 0.3) is 10.9 Å². The van der Waals surface area contributed by atoms with Gasteiger partial charge in [0, 0.05) is 94.8 Å². The number of unbranched alkanes of at least 4 members (excludes halogenated alkanes) is 14. The number of Topliss-reactive ketones (excluding diaryl/α,β-unsaturated/α-hetero) is 1. The molecule has 4 heterocycles. The highest BCUT2D eigenvalue weighted by Gasteiger charge is 2.43. The fourth-order valence-corrected chi connectivity index (χ4v) is 16.5. The predicted molar refractivity (Wildman–Crippen MR) is 545 cm³/mol. The quantitative estimate of drug-likeness (QED) is 0.0113. The molecule has 0 bridgehead atoms. The monoisotopic (exact) mass is 2110 g/mol. The molecule has 0 aliphatic carbocycles. The van der Waals surface area contributed by atoms with Crippen LogP contribution in [0.5, 0.6) is 0 Å². The van der Waals surface area contributed by atoms with E-state index in [1.807, 2.05) is 31.2 Å². The van der Waals surface area contributed by atoms with Gasteiger partial charge < -0.3 is 142 Å². The van der Waals surface area contributed by atoms with Gasteiger partial charge in [0.1, 0.15) is 61.0 Å². The second-order valence-corrected chi connectivity index (χ2v) is 37.0. The first-order valence-electron chi connectivity index (χ1n) is 51.4. The van der Waals surface area contributed by atoms with Crippen LogP contribution in [0.1, 0.15) is 223 Å². The Hall–Kier alpha value is -13.8. The number of benzene rings is 2. The number of H-pyrrole nitrogens is 2. The number of ether oxygens (including phenoxy) is 2. The molecule has 2 aromatic heterocycles. The number of guanidine groups is 1. The van der Waals surface area contributed by atoms with E-state index >= 15 is 0 Å². The maximum Gasteiger partial charge on any atom is 0.317 e. The number of carboxylic acids is 2. The lowest BCUT2D eigenvalue weighted by Gasteiger charge is -2.30. The average Bonchev–Trinajstić information content (AvgIpc) is 1.67. The molecule has 16 amide bonds. The molecule has 12 atom stereocenters. The number of hydrogen-bond donors (Lipinski definition) is 25. The van der Waals surface area contributed by atoms with Gasteiger partial charge in [0.15, 0.2) is 17.6 Å². The maximum atomic E-state index is 14.4. The minimum atomic E-state index is -1.79. The van der Waals surface area contributed by atoms with E-state index < -0.39 is 226 Å². The molecule has 2 aliphatic rings. The van der Waals surface area contributed by atoms with Gasteiger partial charge in [-0.3, -0.25) is 101 Å². The molecule has 834 valence electrons. The van der Waals surface area contributed by atoms with E-state index in [4.69, 9.17) is 42.6 Å². The van der Waals surface area contributed by atoms with Crippen molar-refractivity contribution in [1.82, 2.24) is 110 Å². The number of aryl methyl sites for hydroxylation is 1. The van der Waals surface area contributed by atoms with Gasteiger partial charge in [-0.1, -0.05) is 144 Å². The SMILES string of the molecule is CCCC[C@H](NC(=O)[C@H](CCCCNC(=O)CN(CC(=O)O)CC(=O)O)NC(=O)[C@H](CO)NC(=O)[C@H](CCC(N)=O)NC(=O)[C@H](CO)NC(=O)CNC(=O)COCCOCCNC(=O)CCCCCCCCCCCCCCCc1nn[nH]n1)C(C)=O.CN[C@H]1CCC(=O)NCCCC[C@@H](C(N)=O)NC(=O)[C@H](Cc2c[nH]c3ccccc23)NC(=O)[C@H](CCCN=C(N)N)NC(=O)[C@@H](Cc2ccccc2)NC(=O)[C@@H]2C[C@@H](O)CN2C1=O. The van der Waals surface area contributed by atoms with Crippen LogP contribution in [0, 0.1) is 0 Å². The Bertz CT molecular complexity index is 4920. The number of aliphatic carboxylic acids is 2. The normalized spacial score (nSPS) is 18.0. The first-order valence-corrected chi connectivity index (χ1v) is 51.4. The van der Waals surface area contributed by atoms with Crippen LogP contribution in [0.4, 0.5) is 0 Å². The van der Waals surface area contributed by atoms with Crippen molar-refractivity contribution < 1.29 is 126 Å². The number of carboxylic acid groups (broad SMARTS) is 2. The van der Waals surface area contributed by atoms with Crippen molar-refractivity contribution in [3.8, 4) is 0 Å². The number of aliphatic imine (C=N–C) groups is 1. The third-order valence-electron chi connectivity index (χ3n) is 24.7. The first-order chi connectivity index (χ1) is 71.9. The van der Waals surface area contributed by atoms with Gasteiger partial charge in [-0.15, -0.1) is 10.2 Å². The van der Waals surface area contributed by atoms with Crippen molar-refractivity contribution in [3.05, 3.63) is 77.7 Å². The van der Waals surface area contributed by atoms with Gasteiger partial charge in [-0.25, -0.2) is 0 Å². The van der Waals surface area contributed by atoms with E-state index in [-0.39, 0.29) is 147 Å². The zero-order valence-electron chi connectivity index (χ0n) is 85.9. The van der Waals surface area contributed by atoms with Crippen LogP contribution in [-0.2, 0) is 120 Å². The summed E-state index contributed by atoms with van der Waals surface area (Å²) in [5, 5.41) is 99.9. The number of ketones is 1. The summed E-state index contributed by atoms with van der Waals surface area (Å²) >= 11 is 0. The van der Waals surface area contributed by atoms with Crippen LogP contribution in [0.2, 0.25) is 0 Å². The lowest BCUT2D eigenvalue weighted by Crippen LogP contribution is -2.60. The van der Waals surface area contributed by atoms with E-state index in [1.165, 1.54) is 69.6 Å². The molecule has 52 heteroatoms. The van der Waals surface area contributed by atoms with Gasteiger partial charge >= 0.3 is 11.9 Å². The van der Waals surface area contributed by atoms with Gasteiger partial charge in [-0.05, 0) is 115 Å². The van der Waals surface area contributed by atoms with Crippen molar-refractivity contribution in [2.45, 2.75) is 298 Å². The minimum absolute atomic E-state index is 0.00470. The molecule has 0 spiro atoms. The number of tetrazole rings is 1. The number of nitrogens with two attached hydrogens (primary N) is 4. The number of amides is 16. The number of likely N-dealkylation sites (N-methyl/N-ethyl adjacent to an activating group) is 1. The second-order valence-electron chi connectivity index (χ2n) is 37.0. The summed E-state index contributed by atoms with van der Waals surface area (Å²) in [6.45, 7) is -1.12. The summed E-state index contributed by atoms with van der Waals surface area (Å²) in [5.41, 5.74) is 24.3. The van der Waals surface area contributed by atoms with Crippen LogP contribution in [0.15, 0.2) is 65.8 Å². The number of nitrogens with zero attached hydrogens (tertiary/aromatic N) is 6. The van der Waals surface area contributed by atoms with Crippen LogP contribution >= 0.6 is 0 Å². The molecule has 0 radical (unpaired) electrons. The van der Waals surface area contributed by atoms with Crippen molar-refractivity contribution in [2.75, 3.05) is 106 Å². The zero-order valence-corrected chi connectivity index (χ0v) is 85.9. The highest BCUT2D eigenvalue weighted by molar-refractivity contribution is 6.00. The molecule has 0 unspecified atom stereocenters. The van der Waals surface area contributed by atoms with E-state index in [9.17, 15) is 106 Å². The number of aliphatic hydroxyl groups is 3. The molecule has 2 aliphatic heterocycles. The van der Waals surface area contributed by atoms with Crippen molar-refractivity contribution >= 4 is 129 Å². The molecule has 4 aromatic rings.